The zero-order valence-electron chi connectivity index (χ0n) is 11.7. The summed E-state index contributed by atoms with van der Waals surface area (Å²) in [7, 11) is 0. The van der Waals surface area contributed by atoms with E-state index >= 15 is 0 Å². The summed E-state index contributed by atoms with van der Waals surface area (Å²) in [5, 5.41) is 3.31. The monoisotopic (exact) mass is 290 g/mol. The van der Waals surface area contributed by atoms with Gasteiger partial charge in [0.2, 0.25) is 0 Å². The van der Waals surface area contributed by atoms with Crippen LogP contribution in [0.15, 0.2) is 24.5 Å². The van der Waals surface area contributed by atoms with Gasteiger partial charge in [-0.25, -0.2) is 9.59 Å². The van der Waals surface area contributed by atoms with Gasteiger partial charge in [-0.15, -0.1) is 0 Å². The number of esters is 1. The highest BCUT2D eigenvalue weighted by molar-refractivity contribution is 5.96. The zero-order chi connectivity index (χ0) is 14.7. The average molecular weight is 290 g/mol. The molecule has 1 aromatic heterocycles. The summed E-state index contributed by atoms with van der Waals surface area (Å²) in [6, 6.07) is 3.51. The number of carbonyl (C=O) groups excluding carboxylic acids is 2. The number of fused-ring (bicyclic) bond motifs is 1. The van der Waals surface area contributed by atoms with E-state index in [2.05, 4.69) is 15.2 Å². The van der Waals surface area contributed by atoms with Gasteiger partial charge < -0.3 is 15.0 Å². The van der Waals surface area contributed by atoms with Crippen LogP contribution in [0.4, 0.5) is 4.79 Å². The van der Waals surface area contributed by atoms with Gasteiger partial charge in [0.25, 0.3) is 0 Å². The first-order valence-electron chi connectivity index (χ1n) is 7.10. The Balaban J connectivity index is 1.57. The Morgan fingerprint density at radius 1 is 1.33 bits per heavy atom. The highest BCUT2D eigenvalue weighted by atomic mass is 16.6. The minimum Gasteiger partial charge on any atom is -0.372 e. The van der Waals surface area contributed by atoms with E-state index in [4.69, 9.17) is 4.74 Å². The van der Waals surface area contributed by atoms with Crippen LogP contribution in [0.25, 0.3) is 0 Å². The van der Waals surface area contributed by atoms with Crippen molar-refractivity contribution >= 4 is 12.1 Å². The van der Waals surface area contributed by atoms with E-state index in [1.54, 1.807) is 23.2 Å². The van der Waals surface area contributed by atoms with Crippen molar-refractivity contribution in [3.05, 3.63) is 30.1 Å². The number of piperazine rings is 2. The van der Waals surface area contributed by atoms with Crippen molar-refractivity contribution in [3.63, 3.8) is 0 Å². The molecule has 7 heteroatoms. The van der Waals surface area contributed by atoms with Crippen molar-refractivity contribution in [1.82, 2.24) is 20.1 Å². The summed E-state index contributed by atoms with van der Waals surface area (Å²) in [5.74, 6) is -0.655. The fraction of sp³-hybridized carbons (Fsp3) is 0.500. The van der Waals surface area contributed by atoms with Crippen molar-refractivity contribution in [3.8, 4) is 0 Å². The molecular formula is C14H18N4O3. The van der Waals surface area contributed by atoms with Crippen molar-refractivity contribution in [2.45, 2.75) is 6.04 Å². The molecule has 7 nitrogen and oxygen atoms in total. The van der Waals surface area contributed by atoms with Gasteiger partial charge in [-0.3, -0.25) is 9.88 Å². The lowest BCUT2D eigenvalue weighted by molar-refractivity contribution is 0.0344. The largest absolute Gasteiger partial charge is 0.417 e. The summed E-state index contributed by atoms with van der Waals surface area (Å²) >= 11 is 0. The quantitative estimate of drug-likeness (QED) is 0.577. The number of rotatable bonds is 1. The molecule has 112 valence electrons. The minimum absolute atomic E-state index is 0.281. The van der Waals surface area contributed by atoms with E-state index in [-0.39, 0.29) is 5.56 Å². The molecule has 1 N–H and O–H groups in total. The molecule has 3 heterocycles. The number of nitrogens with zero attached hydrogens (tertiary/aromatic N) is 3. The standard InChI is InChI=1S/C14H18N4O3/c19-13(11-2-1-3-15-8-11)21-14(20)18-7-6-17-5-4-16-9-12(17)10-18/h1-3,8,12,16H,4-7,9-10H2. The molecule has 0 saturated carbocycles. The van der Waals surface area contributed by atoms with Crippen LogP contribution < -0.4 is 5.32 Å². The van der Waals surface area contributed by atoms with E-state index in [0.717, 1.165) is 26.2 Å². The number of hydrogen-bond acceptors (Lipinski definition) is 6. The van der Waals surface area contributed by atoms with E-state index in [9.17, 15) is 9.59 Å². The summed E-state index contributed by atoms with van der Waals surface area (Å²) < 4.78 is 4.92. The number of nitrogens with one attached hydrogen (secondary N) is 1. The first-order valence-corrected chi connectivity index (χ1v) is 7.10. The Labute approximate surface area is 122 Å². The maximum atomic E-state index is 12.1. The van der Waals surface area contributed by atoms with Crippen molar-refractivity contribution in [1.29, 1.82) is 0 Å². The zero-order valence-corrected chi connectivity index (χ0v) is 11.7. The van der Waals surface area contributed by atoms with Crippen molar-refractivity contribution < 1.29 is 14.3 Å². The molecule has 1 amide bonds. The topological polar surface area (TPSA) is 74.8 Å². The molecule has 2 fully saturated rings. The predicted molar refractivity (Wildman–Crippen MR) is 74.9 cm³/mol. The molecule has 0 spiro atoms. The van der Waals surface area contributed by atoms with Crippen LogP contribution in [-0.2, 0) is 4.74 Å². The van der Waals surface area contributed by atoms with Crippen LogP contribution in [0.3, 0.4) is 0 Å². The second kappa shape index (κ2) is 6.19. The molecule has 0 bridgehead atoms. The molecule has 0 radical (unpaired) electrons. The van der Waals surface area contributed by atoms with E-state index in [0.29, 0.717) is 19.1 Å². The molecule has 1 unspecified atom stereocenters. The lowest BCUT2D eigenvalue weighted by Gasteiger charge is -2.43. The Morgan fingerprint density at radius 3 is 3.05 bits per heavy atom. The number of ether oxygens (including phenoxy) is 1. The molecule has 2 saturated heterocycles. The van der Waals surface area contributed by atoms with Gasteiger partial charge >= 0.3 is 12.1 Å². The van der Waals surface area contributed by atoms with Crippen LogP contribution in [0.5, 0.6) is 0 Å². The number of amides is 1. The highest BCUT2D eigenvalue weighted by Gasteiger charge is 2.32. The third-order valence-electron chi connectivity index (χ3n) is 3.90. The second-order valence-corrected chi connectivity index (χ2v) is 5.24. The van der Waals surface area contributed by atoms with Gasteiger partial charge in [-0.1, -0.05) is 0 Å². The molecule has 2 aliphatic heterocycles. The van der Waals surface area contributed by atoms with Gasteiger partial charge in [0, 0.05) is 57.7 Å². The molecule has 2 aliphatic rings. The molecule has 3 rings (SSSR count). The highest BCUT2D eigenvalue weighted by Crippen LogP contribution is 2.13. The minimum atomic E-state index is -0.655. The predicted octanol–water partition coefficient (Wildman–Crippen LogP) is -0.0522. The number of pyridine rings is 1. The third-order valence-corrected chi connectivity index (χ3v) is 3.90. The SMILES string of the molecule is O=C(OC(=O)N1CCN2CCNCC2C1)c1cccnc1. The molecule has 1 atom stereocenters. The molecule has 0 aliphatic carbocycles. The fourth-order valence-electron chi connectivity index (χ4n) is 2.72. The van der Waals surface area contributed by atoms with Crippen molar-refractivity contribution in [2.75, 3.05) is 39.3 Å². The van der Waals surface area contributed by atoms with Crippen molar-refractivity contribution in [2.24, 2.45) is 0 Å². The van der Waals surface area contributed by atoms with E-state index in [1.807, 2.05) is 0 Å². The fourth-order valence-corrected chi connectivity index (χ4v) is 2.72. The lowest BCUT2D eigenvalue weighted by atomic mass is 10.1. The summed E-state index contributed by atoms with van der Waals surface area (Å²) in [6.07, 6.45) is 2.38. The Kier molecular flexibility index (Phi) is 4.12. The number of aromatic nitrogens is 1. The van der Waals surface area contributed by atoms with Gasteiger partial charge in [0.1, 0.15) is 0 Å². The average Bonchev–Trinajstić information content (AvgIpc) is 2.55. The summed E-state index contributed by atoms with van der Waals surface area (Å²) in [5.41, 5.74) is 0.281. The van der Waals surface area contributed by atoms with Crippen LogP contribution in [0, 0.1) is 0 Å². The molecule has 21 heavy (non-hydrogen) atoms. The van der Waals surface area contributed by atoms with Gasteiger partial charge in [0.15, 0.2) is 0 Å². The number of carbonyl (C=O) groups is 2. The van der Waals surface area contributed by atoms with Gasteiger partial charge in [-0.2, -0.15) is 0 Å². The first kappa shape index (κ1) is 14.0. The summed E-state index contributed by atoms with van der Waals surface area (Å²) in [4.78, 5) is 31.7. The van der Waals surface area contributed by atoms with Crippen LogP contribution in [0.2, 0.25) is 0 Å². The lowest BCUT2D eigenvalue weighted by Crippen LogP contribution is -2.62. The van der Waals surface area contributed by atoms with Crippen LogP contribution in [-0.4, -0.2) is 72.2 Å². The molecule has 0 aromatic carbocycles. The first-order chi connectivity index (χ1) is 10.2. The van der Waals surface area contributed by atoms with Gasteiger partial charge in [0.05, 0.1) is 5.56 Å². The second-order valence-electron chi connectivity index (χ2n) is 5.24. The number of hydrogen-bond donors (Lipinski definition) is 1. The molecule has 1 aromatic rings. The Morgan fingerprint density at radius 2 is 2.24 bits per heavy atom. The van der Waals surface area contributed by atoms with Crippen LogP contribution >= 0.6 is 0 Å². The maximum absolute atomic E-state index is 12.1. The van der Waals surface area contributed by atoms with E-state index < -0.39 is 12.1 Å². The summed E-state index contributed by atoms with van der Waals surface area (Å²) in [6.45, 7) is 4.85. The Bertz CT molecular complexity index is 522. The normalized spacial score (nSPS) is 22.5. The Hall–Kier alpha value is -1.99. The van der Waals surface area contributed by atoms with E-state index in [1.165, 1.54) is 6.20 Å². The smallest absolute Gasteiger partial charge is 0.372 e. The maximum Gasteiger partial charge on any atom is 0.417 e. The van der Waals surface area contributed by atoms with Gasteiger partial charge in [-0.05, 0) is 12.1 Å². The molecular weight excluding hydrogens is 272 g/mol. The third kappa shape index (κ3) is 3.20. The van der Waals surface area contributed by atoms with Crippen LogP contribution in [0.1, 0.15) is 10.4 Å².